The number of nitrogens with zero attached hydrogens (tertiary/aromatic N) is 4. The van der Waals surface area contributed by atoms with Gasteiger partial charge in [0.15, 0.2) is 6.23 Å². The number of nitrogens with one attached hydrogen (secondary N) is 1. The highest BCUT2D eigenvalue weighted by Crippen LogP contribution is 2.37. The minimum atomic E-state index is -0.596. The van der Waals surface area contributed by atoms with Crippen molar-refractivity contribution in [3.05, 3.63) is 36.4 Å². The number of carbonyl (C=O) groups excluding carboxylic acids is 1. The van der Waals surface area contributed by atoms with E-state index in [2.05, 4.69) is 22.1 Å². The number of halogens is 1. The molecule has 194 valence electrons. The van der Waals surface area contributed by atoms with Crippen molar-refractivity contribution in [2.24, 2.45) is 7.05 Å². The van der Waals surface area contributed by atoms with Crippen molar-refractivity contribution in [2.45, 2.75) is 64.9 Å². The molecule has 36 heavy (non-hydrogen) atoms. The Morgan fingerprint density at radius 3 is 2.81 bits per heavy atom. The Bertz CT molecular complexity index is 1250. The van der Waals surface area contributed by atoms with Crippen LogP contribution in [0, 0.1) is 5.82 Å². The zero-order chi connectivity index (χ0) is 26.0. The summed E-state index contributed by atoms with van der Waals surface area (Å²) in [6.07, 6.45) is 4.92. The Morgan fingerprint density at radius 1 is 1.36 bits per heavy atom. The quantitative estimate of drug-likeness (QED) is 0.480. The van der Waals surface area contributed by atoms with E-state index in [1.54, 1.807) is 57.8 Å². The van der Waals surface area contributed by atoms with Gasteiger partial charge in [-0.05, 0) is 59.1 Å². The minimum absolute atomic E-state index is 0.204. The van der Waals surface area contributed by atoms with Crippen LogP contribution in [0.3, 0.4) is 0 Å². The number of ether oxygens (including phenoxy) is 3. The topological polar surface area (TPSA) is 92.4 Å². The fraction of sp³-hybridized carbons (Fsp3) is 0.500. The Hall–Kier alpha value is -3.40. The first-order valence-corrected chi connectivity index (χ1v) is 12.2. The number of alkyl carbamates (subject to hydrolysis) is 1. The summed E-state index contributed by atoms with van der Waals surface area (Å²) in [6, 6.07) is 3.23. The van der Waals surface area contributed by atoms with E-state index < -0.39 is 23.6 Å². The van der Waals surface area contributed by atoms with Gasteiger partial charge in [0.25, 0.3) is 0 Å². The number of hydrogen-bond acceptors (Lipinski definition) is 6. The maximum absolute atomic E-state index is 15.5. The monoisotopic (exact) mass is 499 g/mol. The van der Waals surface area contributed by atoms with Crippen LogP contribution >= 0.6 is 0 Å². The number of hydrogen-bond donors (Lipinski definition) is 1. The van der Waals surface area contributed by atoms with Crippen LogP contribution in [0.1, 0.15) is 58.9 Å². The number of carbonyl (C=O) groups is 1. The molecule has 0 aliphatic carbocycles. The fourth-order valence-corrected chi connectivity index (χ4v) is 4.20. The molecule has 3 aromatic rings. The zero-order valence-electron chi connectivity index (χ0n) is 21.5. The van der Waals surface area contributed by atoms with E-state index in [4.69, 9.17) is 14.2 Å². The molecule has 3 heterocycles. The lowest BCUT2D eigenvalue weighted by Gasteiger charge is -2.23. The number of amides is 1. The van der Waals surface area contributed by atoms with E-state index in [9.17, 15) is 4.79 Å². The number of benzene rings is 1. The lowest BCUT2D eigenvalue weighted by atomic mass is 10.0. The Labute approximate surface area is 210 Å². The van der Waals surface area contributed by atoms with Crippen molar-refractivity contribution >= 4 is 23.1 Å². The first-order chi connectivity index (χ1) is 17.1. The second-order valence-corrected chi connectivity index (χ2v) is 10.0. The first-order valence-electron chi connectivity index (χ1n) is 12.2. The molecule has 2 unspecified atom stereocenters. The summed E-state index contributed by atoms with van der Waals surface area (Å²) in [5.41, 5.74) is 1.55. The zero-order valence-corrected chi connectivity index (χ0v) is 21.5. The Balaban J connectivity index is 1.61. The normalized spacial score (nSPS) is 17.1. The third-order valence-corrected chi connectivity index (χ3v) is 5.87. The molecule has 1 aliphatic rings. The molecule has 1 fully saturated rings. The third kappa shape index (κ3) is 5.53. The fourth-order valence-electron chi connectivity index (χ4n) is 4.20. The molecule has 1 aliphatic heterocycles. The van der Waals surface area contributed by atoms with Crippen molar-refractivity contribution in [1.82, 2.24) is 24.9 Å². The van der Waals surface area contributed by atoms with Gasteiger partial charge in [-0.15, -0.1) is 0 Å². The summed E-state index contributed by atoms with van der Waals surface area (Å²) in [5, 5.41) is 12.4. The van der Waals surface area contributed by atoms with Gasteiger partial charge in [-0.1, -0.05) is 6.58 Å². The van der Waals surface area contributed by atoms with E-state index in [1.807, 2.05) is 0 Å². The van der Waals surface area contributed by atoms with Crippen molar-refractivity contribution in [1.29, 1.82) is 0 Å². The largest absolute Gasteiger partial charge is 0.472 e. The second kappa shape index (κ2) is 10.3. The highest BCUT2D eigenvalue weighted by atomic mass is 19.1. The summed E-state index contributed by atoms with van der Waals surface area (Å²) < 4.78 is 36.1. The molecule has 2 atom stereocenters. The van der Waals surface area contributed by atoms with Crippen LogP contribution in [-0.2, 0) is 16.5 Å². The minimum Gasteiger partial charge on any atom is -0.472 e. The standard InChI is InChI=1S/C26H34FN5O4/c1-7-21-18-12-17(20(27)13-22(18)32(30-21)23-10-8-9-11-34-23)19-15-29-31(6)24(19)35-16(2)14-28-25(33)36-26(3,4)5/h7,12-13,15-16,23H,1,8-11,14H2,2-6H3,(H,28,33). The average Bonchev–Trinajstić information content (AvgIpc) is 3.36. The van der Waals surface area contributed by atoms with Crippen LogP contribution in [-0.4, -0.2) is 50.5 Å². The molecule has 0 radical (unpaired) electrons. The summed E-state index contributed by atoms with van der Waals surface area (Å²) in [5.74, 6) is -0.0395. The molecule has 0 spiro atoms. The number of aromatic nitrogens is 4. The Kier molecular flexibility index (Phi) is 7.35. The molecular weight excluding hydrogens is 465 g/mol. The van der Waals surface area contributed by atoms with Gasteiger partial charge in [0, 0.05) is 30.7 Å². The lowest BCUT2D eigenvalue weighted by molar-refractivity contribution is -0.0367. The van der Waals surface area contributed by atoms with Crippen LogP contribution in [0.4, 0.5) is 9.18 Å². The van der Waals surface area contributed by atoms with Crippen molar-refractivity contribution in [2.75, 3.05) is 13.2 Å². The highest BCUT2D eigenvalue weighted by Gasteiger charge is 2.24. The molecule has 10 heteroatoms. The molecule has 1 N–H and O–H groups in total. The van der Waals surface area contributed by atoms with Gasteiger partial charge >= 0.3 is 6.09 Å². The van der Waals surface area contributed by atoms with Gasteiger partial charge in [0.05, 0.1) is 29.5 Å². The number of rotatable bonds is 7. The maximum Gasteiger partial charge on any atom is 0.407 e. The summed E-state index contributed by atoms with van der Waals surface area (Å²) in [6.45, 7) is 11.9. The van der Waals surface area contributed by atoms with Gasteiger partial charge in [-0.3, -0.25) is 0 Å². The highest BCUT2D eigenvalue weighted by molar-refractivity contribution is 5.91. The van der Waals surface area contributed by atoms with Crippen LogP contribution in [0.15, 0.2) is 24.9 Å². The molecule has 1 saturated heterocycles. The molecule has 0 bridgehead atoms. The second-order valence-electron chi connectivity index (χ2n) is 10.0. The van der Waals surface area contributed by atoms with Crippen molar-refractivity contribution in [3.63, 3.8) is 0 Å². The van der Waals surface area contributed by atoms with E-state index >= 15 is 4.39 Å². The average molecular weight is 500 g/mol. The van der Waals surface area contributed by atoms with Crippen LogP contribution < -0.4 is 10.1 Å². The Morgan fingerprint density at radius 2 is 2.14 bits per heavy atom. The van der Waals surface area contributed by atoms with E-state index in [1.165, 1.54) is 10.7 Å². The molecule has 1 amide bonds. The summed E-state index contributed by atoms with van der Waals surface area (Å²) in [7, 11) is 1.72. The van der Waals surface area contributed by atoms with Crippen LogP contribution in [0.25, 0.3) is 28.1 Å². The van der Waals surface area contributed by atoms with Crippen molar-refractivity contribution < 1.29 is 23.4 Å². The molecule has 9 nitrogen and oxygen atoms in total. The smallest absolute Gasteiger partial charge is 0.407 e. The summed E-state index contributed by atoms with van der Waals surface area (Å²) >= 11 is 0. The van der Waals surface area contributed by atoms with Crippen LogP contribution in [0.5, 0.6) is 5.88 Å². The van der Waals surface area contributed by atoms with Gasteiger partial charge in [0.1, 0.15) is 17.5 Å². The number of aryl methyl sites for hydroxylation is 1. The predicted octanol–water partition coefficient (Wildman–Crippen LogP) is 5.21. The molecule has 0 saturated carbocycles. The molecular formula is C26H34FN5O4. The SMILES string of the molecule is C=Cc1nn(C2CCCCO2)c2cc(F)c(-c3cnn(C)c3OC(C)CNC(=O)OC(C)(C)C)cc12. The van der Waals surface area contributed by atoms with Gasteiger partial charge in [-0.25, -0.2) is 18.5 Å². The number of fused-ring (bicyclic) bond motifs is 1. The van der Waals surface area contributed by atoms with Crippen molar-refractivity contribution in [3.8, 4) is 17.0 Å². The maximum atomic E-state index is 15.5. The third-order valence-electron chi connectivity index (χ3n) is 5.87. The van der Waals surface area contributed by atoms with Gasteiger partial charge < -0.3 is 19.5 Å². The van der Waals surface area contributed by atoms with Gasteiger partial charge in [0.2, 0.25) is 5.88 Å². The molecule has 2 aromatic heterocycles. The van der Waals surface area contributed by atoms with E-state index in [0.717, 1.165) is 24.6 Å². The molecule has 1 aromatic carbocycles. The molecule has 4 rings (SSSR count). The first kappa shape index (κ1) is 25.7. The van der Waals surface area contributed by atoms with Gasteiger partial charge in [-0.2, -0.15) is 10.2 Å². The predicted molar refractivity (Wildman–Crippen MR) is 135 cm³/mol. The van der Waals surface area contributed by atoms with Crippen LogP contribution in [0.2, 0.25) is 0 Å². The van der Waals surface area contributed by atoms with E-state index in [0.29, 0.717) is 34.8 Å². The summed E-state index contributed by atoms with van der Waals surface area (Å²) in [4.78, 5) is 12.0. The lowest BCUT2D eigenvalue weighted by Crippen LogP contribution is -2.37. The van der Waals surface area contributed by atoms with E-state index in [-0.39, 0.29) is 12.8 Å².